The molecule has 6 N–H and O–H groups in total. The van der Waals surface area contributed by atoms with Crippen molar-refractivity contribution in [1.29, 1.82) is 5.41 Å². The number of amides is 1. The molecule has 0 saturated heterocycles. The molecule has 178 valence electrons. The van der Waals surface area contributed by atoms with Crippen molar-refractivity contribution in [3.05, 3.63) is 94.5 Å². The number of nitrogens with one attached hydrogen (secondary N) is 2. The van der Waals surface area contributed by atoms with E-state index < -0.39 is 0 Å². The molecule has 0 fully saturated rings. The molecule has 1 aliphatic rings. The van der Waals surface area contributed by atoms with Crippen LogP contribution in [0.15, 0.2) is 66.7 Å². The monoisotopic (exact) mass is 468 g/mol. The molecule has 1 unspecified atom stereocenters. The van der Waals surface area contributed by atoms with Crippen molar-refractivity contribution in [3.63, 3.8) is 0 Å². The van der Waals surface area contributed by atoms with Crippen molar-refractivity contribution in [2.75, 3.05) is 17.6 Å². The second kappa shape index (κ2) is 10.4. The number of carbonyl (C=O) groups is 3. The number of Topliss-reactive ketones (excluding diaryl/α,β-unsaturated/α-hetero) is 2. The van der Waals surface area contributed by atoms with Crippen LogP contribution in [0.5, 0.6) is 0 Å². The van der Waals surface area contributed by atoms with E-state index in [1.54, 1.807) is 42.5 Å². The molecule has 0 saturated carbocycles. The van der Waals surface area contributed by atoms with Gasteiger partial charge < -0.3 is 16.8 Å². The summed E-state index contributed by atoms with van der Waals surface area (Å²) >= 11 is 0. The first-order valence-corrected chi connectivity index (χ1v) is 11.6. The summed E-state index contributed by atoms with van der Waals surface area (Å²) in [5.41, 5.74) is 16.7. The van der Waals surface area contributed by atoms with Crippen LogP contribution in [0.3, 0.4) is 0 Å². The van der Waals surface area contributed by atoms with Gasteiger partial charge in [-0.15, -0.1) is 0 Å². The number of fused-ring (bicyclic) bond motifs is 1. The normalized spacial score (nSPS) is 14.3. The summed E-state index contributed by atoms with van der Waals surface area (Å²) in [4.78, 5) is 36.6. The van der Waals surface area contributed by atoms with Crippen molar-refractivity contribution in [3.8, 4) is 0 Å². The van der Waals surface area contributed by atoms with Crippen LogP contribution in [0.2, 0.25) is 0 Å². The first-order chi connectivity index (χ1) is 16.9. The summed E-state index contributed by atoms with van der Waals surface area (Å²) in [5, 5.41) is 11.7. The van der Waals surface area contributed by atoms with Gasteiger partial charge in [-0.3, -0.25) is 19.8 Å². The van der Waals surface area contributed by atoms with Gasteiger partial charge in [-0.05, 0) is 53.8 Å². The molecule has 0 bridgehead atoms. The van der Waals surface area contributed by atoms with E-state index in [1.165, 1.54) is 5.56 Å². The predicted octanol–water partition coefficient (Wildman–Crippen LogP) is 3.38. The molecule has 0 aliphatic heterocycles. The highest BCUT2D eigenvalue weighted by Crippen LogP contribution is 2.34. The van der Waals surface area contributed by atoms with Crippen LogP contribution in [-0.4, -0.2) is 29.7 Å². The molecule has 1 aliphatic carbocycles. The summed E-state index contributed by atoms with van der Waals surface area (Å²) in [6, 6.07) is 20.2. The van der Waals surface area contributed by atoms with E-state index in [-0.39, 0.29) is 48.5 Å². The fraction of sp³-hybridized carbons (Fsp3) is 0.214. The SMILES string of the molecule is N=C(c1cccc(CC(=O)CC(=O)CN)c1)c1cc(NC(=O)C2CCc3ccccc32)ccc1N. The van der Waals surface area contributed by atoms with Crippen molar-refractivity contribution in [2.24, 2.45) is 5.73 Å². The van der Waals surface area contributed by atoms with E-state index in [0.717, 1.165) is 18.4 Å². The van der Waals surface area contributed by atoms with Gasteiger partial charge in [0.1, 0.15) is 5.78 Å². The third kappa shape index (κ3) is 5.53. The lowest BCUT2D eigenvalue weighted by molar-refractivity contribution is -0.126. The second-order valence-corrected chi connectivity index (χ2v) is 8.79. The van der Waals surface area contributed by atoms with Crippen molar-refractivity contribution in [2.45, 2.75) is 31.6 Å². The third-order valence-corrected chi connectivity index (χ3v) is 6.28. The van der Waals surface area contributed by atoms with E-state index in [0.29, 0.717) is 28.1 Å². The zero-order chi connectivity index (χ0) is 24.9. The number of aryl methyl sites for hydroxylation is 1. The van der Waals surface area contributed by atoms with Gasteiger partial charge in [-0.1, -0.05) is 42.5 Å². The Hall–Kier alpha value is -4.10. The van der Waals surface area contributed by atoms with Crippen LogP contribution < -0.4 is 16.8 Å². The van der Waals surface area contributed by atoms with Gasteiger partial charge in [0.15, 0.2) is 5.78 Å². The number of nitrogen functional groups attached to an aromatic ring is 1. The lowest BCUT2D eigenvalue weighted by Crippen LogP contribution is -2.20. The lowest BCUT2D eigenvalue weighted by Gasteiger charge is -2.15. The molecular formula is C28H28N4O3. The fourth-order valence-corrected chi connectivity index (χ4v) is 4.48. The van der Waals surface area contributed by atoms with Crippen LogP contribution >= 0.6 is 0 Å². The number of nitrogens with two attached hydrogens (primary N) is 2. The van der Waals surface area contributed by atoms with Gasteiger partial charge in [0.05, 0.1) is 24.6 Å². The number of hydrogen-bond donors (Lipinski definition) is 4. The Labute approximate surface area is 204 Å². The van der Waals surface area contributed by atoms with Crippen molar-refractivity contribution >= 4 is 34.6 Å². The molecule has 7 nitrogen and oxygen atoms in total. The zero-order valence-electron chi connectivity index (χ0n) is 19.3. The van der Waals surface area contributed by atoms with Gasteiger partial charge in [0, 0.05) is 28.9 Å². The van der Waals surface area contributed by atoms with Gasteiger partial charge in [-0.25, -0.2) is 0 Å². The average Bonchev–Trinajstić information content (AvgIpc) is 3.29. The smallest absolute Gasteiger partial charge is 0.231 e. The second-order valence-electron chi connectivity index (χ2n) is 8.79. The molecule has 3 aromatic carbocycles. The Morgan fingerprint density at radius 3 is 2.57 bits per heavy atom. The van der Waals surface area contributed by atoms with E-state index in [4.69, 9.17) is 16.9 Å². The summed E-state index contributed by atoms with van der Waals surface area (Å²) in [6.45, 7) is -0.157. The van der Waals surface area contributed by atoms with Crippen molar-refractivity contribution < 1.29 is 14.4 Å². The number of ketones is 2. The van der Waals surface area contributed by atoms with Crippen LogP contribution in [0.25, 0.3) is 0 Å². The molecule has 3 aromatic rings. The summed E-state index contributed by atoms with van der Waals surface area (Å²) in [6.07, 6.45) is 1.54. The maximum Gasteiger partial charge on any atom is 0.231 e. The number of anilines is 2. The molecule has 0 spiro atoms. The largest absolute Gasteiger partial charge is 0.398 e. The van der Waals surface area contributed by atoms with Gasteiger partial charge >= 0.3 is 0 Å². The zero-order valence-corrected chi connectivity index (χ0v) is 19.3. The minimum Gasteiger partial charge on any atom is -0.398 e. The van der Waals surface area contributed by atoms with Gasteiger partial charge in [0.2, 0.25) is 5.91 Å². The summed E-state index contributed by atoms with van der Waals surface area (Å²) in [7, 11) is 0. The summed E-state index contributed by atoms with van der Waals surface area (Å²) < 4.78 is 0. The molecule has 1 atom stereocenters. The Morgan fingerprint density at radius 1 is 0.971 bits per heavy atom. The Balaban J connectivity index is 1.50. The third-order valence-electron chi connectivity index (χ3n) is 6.28. The van der Waals surface area contributed by atoms with E-state index in [1.807, 2.05) is 18.2 Å². The minimum absolute atomic E-state index is 0.0789. The van der Waals surface area contributed by atoms with Crippen LogP contribution in [0.4, 0.5) is 11.4 Å². The Morgan fingerprint density at radius 2 is 1.77 bits per heavy atom. The number of rotatable bonds is 9. The molecule has 0 heterocycles. The van der Waals surface area contributed by atoms with Crippen LogP contribution in [0.1, 0.15) is 46.6 Å². The highest BCUT2D eigenvalue weighted by atomic mass is 16.2. The molecule has 4 rings (SSSR count). The minimum atomic E-state index is -0.299. The first kappa shape index (κ1) is 24.0. The van der Waals surface area contributed by atoms with Crippen LogP contribution in [0, 0.1) is 5.41 Å². The standard InChI is InChI=1S/C28H28N4O3/c29-16-22(34)15-21(33)13-17-4-3-6-19(12-17)27(31)25-14-20(9-11-26(25)30)32-28(35)24-10-8-18-5-1-2-7-23(18)24/h1-7,9,11-12,14,24,31H,8,10,13,15-16,29-30H2,(H,32,35). The number of hydrogen-bond acceptors (Lipinski definition) is 6. The topological polar surface area (TPSA) is 139 Å². The molecule has 1 amide bonds. The average molecular weight is 469 g/mol. The highest BCUT2D eigenvalue weighted by molar-refractivity contribution is 6.14. The lowest BCUT2D eigenvalue weighted by atomic mass is 9.96. The van der Waals surface area contributed by atoms with E-state index in [2.05, 4.69) is 11.4 Å². The Kier molecular flexibility index (Phi) is 7.17. The van der Waals surface area contributed by atoms with Crippen molar-refractivity contribution in [1.82, 2.24) is 0 Å². The predicted molar refractivity (Wildman–Crippen MR) is 137 cm³/mol. The molecule has 0 radical (unpaired) electrons. The van der Waals surface area contributed by atoms with Crippen LogP contribution in [-0.2, 0) is 27.2 Å². The first-order valence-electron chi connectivity index (χ1n) is 11.6. The van der Waals surface area contributed by atoms with E-state index in [9.17, 15) is 14.4 Å². The maximum atomic E-state index is 13.0. The maximum absolute atomic E-state index is 13.0. The quantitative estimate of drug-likeness (QED) is 0.217. The Bertz CT molecular complexity index is 1320. The molecular weight excluding hydrogens is 440 g/mol. The number of carbonyl (C=O) groups excluding carboxylic acids is 3. The molecule has 35 heavy (non-hydrogen) atoms. The highest BCUT2D eigenvalue weighted by Gasteiger charge is 2.28. The van der Waals surface area contributed by atoms with E-state index >= 15 is 0 Å². The molecule has 0 aromatic heterocycles. The molecule has 7 heteroatoms. The van der Waals surface area contributed by atoms with Gasteiger partial charge in [-0.2, -0.15) is 0 Å². The summed E-state index contributed by atoms with van der Waals surface area (Å²) in [5.74, 6) is -0.801. The fourth-order valence-electron chi connectivity index (χ4n) is 4.48. The number of benzene rings is 3. The van der Waals surface area contributed by atoms with Gasteiger partial charge in [0.25, 0.3) is 0 Å².